The summed E-state index contributed by atoms with van der Waals surface area (Å²) in [7, 11) is -6.06. The molecular formula is C9H6F3NOSi. The van der Waals surface area contributed by atoms with Crippen LogP contribution >= 0.6 is 0 Å². The quantitative estimate of drug-likeness (QED) is 0.583. The van der Waals surface area contributed by atoms with Gasteiger partial charge in [0.25, 0.3) is 0 Å². The maximum atomic E-state index is 12.2. The zero-order valence-electron chi connectivity index (χ0n) is 7.45. The first-order valence-corrected chi connectivity index (χ1v) is 5.70. The molecule has 0 saturated heterocycles. The highest BCUT2D eigenvalue weighted by Crippen LogP contribution is 2.26. The Morgan fingerprint density at radius 1 is 1.07 bits per heavy atom. The van der Waals surface area contributed by atoms with Crippen molar-refractivity contribution in [3.05, 3.63) is 36.5 Å². The second-order valence-corrected chi connectivity index (χ2v) is 3.97. The Morgan fingerprint density at radius 3 is 2.53 bits per heavy atom. The molecule has 2 nitrogen and oxygen atoms in total. The first kappa shape index (κ1) is 9.97. The molecule has 1 aromatic heterocycles. The van der Waals surface area contributed by atoms with Crippen LogP contribution in [0.3, 0.4) is 0 Å². The number of hydrogen-bond acceptors (Lipinski definition) is 2. The normalized spacial score (nSPS) is 11.7. The van der Waals surface area contributed by atoms with Crippen molar-refractivity contribution in [2.45, 2.75) is 0 Å². The van der Waals surface area contributed by atoms with Gasteiger partial charge in [-0.1, -0.05) is 18.2 Å². The van der Waals surface area contributed by atoms with E-state index in [1.54, 1.807) is 18.2 Å². The highest BCUT2D eigenvalue weighted by molar-refractivity contribution is 6.52. The van der Waals surface area contributed by atoms with Crippen molar-refractivity contribution in [2.24, 2.45) is 0 Å². The van der Waals surface area contributed by atoms with E-state index in [4.69, 9.17) is 0 Å². The molecule has 0 saturated carbocycles. The maximum absolute atomic E-state index is 12.2. The second-order valence-electron chi connectivity index (χ2n) is 2.88. The lowest BCUT2D eigenvalue weighted by molar-refractivity contribution is 0.298. The molecular weight excluding hydrogens is 223 g/mol. The highest BCUT2D eigenvalue weighted by atomic mass is 28.5. The van der Waals surface area contributed by atoms with E-state index in [2.05, 4.69) is 9.41 Å². The van der Waals surface area contributed by atoms with Crippen LogP contribution in [0.2, 0.25) is 0 Å². The number of aromatic nitrogens is 1. The molecule has 0 aliphatic rings. The van der Waals surface area contributed by atoms with Gasteiger partial charge < -0.3 is 4.43 Å². The number of benzene rings is 1. The van der Waals surface area contributed by atoms with E-state index in [0.717, 1.165) is 0 Å². The zero-order valence-corrected chi connectivity index (χ0v) is 8.45. The average Bonchev–Trinajstić information content (AvgIpc) is 2.16. The van der Waals surface area contributed by atoms with Crippen LogP contribution in [0.15, 0.2) is 36.5 Å². The molecule has 15 heavy (non-hydrogen) atoms. The fourth-order valence-corrected chi connectivity index (χ4v) is 1.70. The molecule has 78 valence electrons. The Morgan fingerprint density at radius 2 is 1.80 bits per heavy atom. The molecule has 0 amide bonds. The molecule has 2 aromatic rings. The number of fused-ring (bicyclic) bond motifs is 1. The molecule has 1 aromatic carbocycles. The lowest BCUT2D eigenvalue weighted by atomic mass is 10.2. The van der Waals surface area contributed by atoms with Crippen molar-refractivity contribution in [3.63, 3.8) is 0 Å². The first-order valence-electron chi connectivity index (χ1n) is 4.16. The summed E-state index contributed by atoms with van der Waals surface area (Å²) in [5.74, 6) is -0.215. The number of nitrogens with zero attached hydrogens (tertiary/aromatic N) is 1. The van der Waals surface area contributed by atoms with E-state index in [0.29, 0.717) is 5.39 Å². The van der Waals surface area contributed by atoms with Crippen LogP contribution in [0.5, 0.6) is 5.75 Å². The molecule has 0 bridgehead atoms. The van der Waals surface area contributed by atoms with E-state index in [-0.39, 0.29) is 11.3 Å². The monoisotopic (exact) mass is 229 g/mol. The third-order valence-electron chi connectivity index (χ3n) is 1.82. The van der Waals surface area contributed by atoms with E-state index >= 15 is 0 Å². The fraction of sp³-hybridized carbons (Fsp3) is 0. The summed E-state index contributed by atoms with van der Waals surface area (Å²) in [5.41, 5.74) is 0.241. The standard InChI is InChI=1S/C9H6F3NOSi/c10-15(11,12)14-8-5-1-3-7-4-2-6-13-9(7)8/h1-6H. The predicted molar refractivity (Wildman–Crippen MR) is 51.4 cm³/mol. The molecule has 0 atom stereocenters. The van der Waals surface area contributed by atoms with Gasteiger partial charge in [-0.3, -0.25) is 4.98 Å². The Balaban J connectivity index is 2.52. The number of hydrogen-bond donors (Lipinski definition) is 0. The van der Waals surface area contributed by atoms with Gasteiger partial charge in [-0.25, -0.2) is 12.3 Å². The van der Waals surface area contributed by atoms with Gasteiger partial charge in [-0.15, -0.1) is 0 Å². The van der Waals surface area contributed by atoms with Crippen LogP contribution in [0.4, 0.5) is 12.3 Å². The molecule has 0 unspecified atom stereocenters. The molecule has 0 aliphatic heterocycles. The van der Waals surface area contributed by atoms with E-state index in [1.807, 2.05) is 0 Å². The van der Waals surface area contributed by atoms with Crippen molar-refractivity contribution >= 4 is 20.2 Å². The van der Waals surface area contributed by atoms with Gasteiger partial charge in [0.15, 0.2) is 0 Å². The molecule has 6 heteroatoms. The van der Waals surface area contributed by atoms with Gasteiger partial charge in [-0.05, 0) is 12.1 Å². The van der Waals surface area contributed by atoms with Crippen molar-refractivity contribution in [1.29, 1.82) is 0 Å². The van der Waals surface area contributed by atoms with Crippen molar-refractivity contribution in [2.75, 3.05) is 0 Å². The fourth-order valence-electron chi connectivity index (χ4n) is 1.28. The SMILES string of the molecule is F[Si](F)(F)Oc1cccc2cccnc12. The van der Waals surface area contributed by atoms with Crippen LogP contribution in [0.25, 0.3) is 10.9 Å². The number of para-hydroxylation sites is 1. The maximum Gasteiger partial charge on any atom is 0.875 e. The minimum absolute atomic E-state index is 0.215. The minimum atomic E-state index is -6.06. The molecule has 0 N–H and O–H groups in total. The summed E-state index contributed by atoms with van der Waals surface area (Å²) in [6.07, 6.45) is 1.44. The van der Waals surface area contributed by atoms with Gasteiger partial charge in [0, 0.05) is 11.6 Å². The van der Waals surface area contributed by atoms with E-state index in [9.17, 15) is 12.3 Å². The lowest BCUT2D eigenvalue weighted by Gasteiger charge is -2.08. The smallest absolute Gasteiger partial charge is 0.469 e. The molecule has 0 fully saturated rings. The van der Waals surface area contributed by atoms with E-state index in [1.165, 1.54) is 18.3 Å². The summed E-state index contributed by atoms with van der Waals surface area (Å²) in [6, 6.07) is 7.83. The van der Waals surface area contributed by atoms with Crippen molar-refractivity contribution in [1.82, 2.24) is 4.98 Å². The van der Waals surface area contributed by atoms with Gasteiger partial charge in [0.05, 0.1) is 0 Å². The summed E-state index contributed by atoms with van der Waals surface area (Å²) in [5, 5.41) is 0.633. The Labute approximate surface area is 85.0 Å². The largest absolute Gasteiger partial charge is 0.875 e. The lowest BCUT2D eigenvalue weighted by Crippen LogP contribution is -2.25. The van der Waals surface area contributed by atoms with Crippen LogP contribution < -0.4 is 4.43 Å². The van der Waals surface area contributed by atoms with Gasteiger partial charge in [-0.2, -0.15) is 0 Å². The van der Waals surface area contributed by atoms with Gasteiger partial charge in [0.1, 0.15) is 11.3 Å². The van der Waals surface area contributed by atoms with Crippen LogP contribution in [-0.4, -0.2) is 14.3 Å². The molecule has 2 rings (SSSR count). The van der Waals surface area contributed by atoms with Gasteiger partial charge >= 0.3 is 9.32 Å². The van der Waals surface area contributed by atoms with Crippen molar-refractivity contribution in [3.8, 4) is 5.75 Å². The zero-order chi connectivity index (χ0) is 10.9. The first-order chi connectivity index (χ1) is 7.06. The highest BCUT2D eigenvalue weighted by Gasteiger charge is 2.45. The molecule has 0 radical (unpaired) electrons. The summed E-state index contributed by atoms with van der Waals surface area (Å²) >= 11 is 0. The van der Waals surface area contributed by atoms with Crippen LogP contribution in [0.1, 0.15) is 0 Å². The van der Waals surface area contributed by atoms with Gasteiger partial charge in [0.2, 0.25) is 0 Å². The molecule has 0 aliphatic carbocycles. The number of pyridine rings is 1. The third-order valence-corrected chi connectivity index (χ3v) is 2.27. The summed E-state index contributed by atoms with van der Waals surface area (Å²) in [4.78, 5) is 3.86. The number of halogens is 3. The average molecular weight is 229 g/mol. The Kier molecular flexibility index (Phi) is 2.35. The predicted octanol–water partition coefficient (Wildman–Crippen LogP) is 2.96. The Hall–Kier alpha value is -1.56. The Bertz CT molecular complexity index is 481. The van der Waals surface area contributed by atoms with Crippen LogP contribution in [-0.2, 0) is 0 Å². The minimum Gasteiger partial charge on any atom is -0.469 e. The summed E-state index contributed by atoms with van der Waals surface area (Å²) in [6.45, 7) is 0. The summed E-state index contributed by atoms with van der Waals surface area (Å²) < 4.78 is 40.5. The molecule has 0 spiro atoms. The molecule has 1 heterocycles. The van der Waals surface area contributed by atoms with Crippen LogP contribution in [0, 0.1) is 0 Å². The van der Waals surface area contributed by atoms with Crippen molar-refractivity contribution < 1.29 is 16.7 Å². The number of rotatable bonds is 2. The van der Waals surface area contributed by atoms with E-state index < -0.39 is 9.32 Å². The second kappa shape index (κ2) is 3.54. The topological polar surface area (TPSA) is 22.1 Å². The third kappa shape index (κ3) is 2.27.